The standard InChI is InChI=1S/C28H18S6/c1-15-13-17-25(23-9-7-21(33-23)19-5-3-11-29-19)28-18(14-16(2)32-28)26(27(17)31-15)24-10-8-22(34-24)20-6-4-12-30-20/h3-14H,1-2H3. The van der Waals surface area contributed by atoms with Gasteiger partial charge in [0, 0.05) is 70.3 Å². The number of rotatable bonds is 4. The minimum atomic E-state index is 1.35. The van der Waals surface area contributed by atoms with Crippen LogP contribution in [0.5, 0.6) is 0 Å². The lowest BCUT2D eigenvalue weighted by molar-refractivity contribution is 1.66. The van der Waals surface area contributed by atoms with Crippen LogP contribution in [0.25, 0.3) is 60.6 Å². The van der Waals surface area contributed by atoms with Gasteiger partial charge in [0.2, 0.25) is 0 Å². The monoisotopic (exact) mass is 546 g/mol. The molecule has 0 fully saturated rings. The summed E-state index contributed by atoms with van der Waals surface area (Å²) in [6.45, 7) is 4.49. The van der Waals surface area contributed by atoms with E-state index in [9.17, 15) is 0 Å². The molecule has 0 nitrogen and oxygen atoms in total. The molecule has 0 atom stereocenters. The first-order valence-corrected chi connectivity index (χ1v) is 15.9. The van der Waals surface area contributed by atoms with Gasteiger partial charge in [-0.15, -0.1) is 68.0 Å². The third-order valence-corrected chi connectivity index (χ3v) is 12.4. The molecule has 0 aliphatic heterocycles. The molecule has 34 heavy (non-hydrogen) atoms. The molecule has 0 spiro atoms. The number of thiophene rings is 6. The first kappa shape index (κ1) is 21.2. The Bertz CT molecular complexity index is 1580. The van der Waals surface area contributed by atoms with Crippen LogP contribution in [0.3, 0.4) is 0 Å². The largest absolute Gasteiger partial charge is 0.143 e. The van der Waals surface area contributed by atoms with Crippen molar-refractivity contribution in [1.29, 1.82) is 0 Å². The fraction of sp³-hybridized carbons (Fsp3) is 0.0714. The van der Waals surface area contributed by atoms with E-state index in [1.54, 1.807) is 0 Å². The predicted molar refractivity (Wildman–Crippen MR) is 160 cm³/mol. The van der Waals surface area contributed by atoms with Crippen LogP contribution in [0, 0.1) is 13.8 Å². The highest BCUT2D eigenvalue weighted by molar-refractivity contribution is 7.26. The van der Waals surface area contributed by atoms with E-state index in [4.69, 9.17) is 0 Å². The van der Waals surface area contributed by atoms with Gasteiger partial charge in [-0.05, 0) is 73.1 Å². The maximum Gasteiger partial charge on any atom is 0.0449 e. The number of hydrogen-bond acceptors (Lipinski definition) is 6. The third kappa shape index (κ3) is 3.40. The minimum absolute atomic E-state index is 1.35. The zero-order valence-corrected chi connectivity index (χ0v) is 23.3. The Balaban J connectivity index is 1.51. The van der Waals surface area contributed by atoms with E-state index in [1.807, 2.05) is 68.0 Å². The van der Waals surface area contributed by atoms with Crippen LogP contribution >= 0.6 is 68.0 Å². The van der Waals surface area contributed by atoms with Gasteiger partial charge >= 0.3 is 0 Å². The average molecular weight is 547 g/mol. The van der Waals surface area contributed by atoms with Gasteiger partial charge in [-0.3, -0.25) is 0 Å². The van der Waals surface area contributed by atoms with Gasteiger partial charge in [-0.25, -0.2) is 0 Å². The van der Waals surface area contributed by atoms with Gasteiger partial charge < -0.3 is 0 Å². The molecule has 1 aromatic carbocycles. The lowest BCUT2D eigenvalue weighted by atomic mass is 10.00. The molecule has 7 aromatic rings. The molecule has 0 amide bonds. The quantitative estimate of drug-likeness (QED) is 0.206. The van der Waals surface area contributed by atoms with E-state index >= 15 is 0 Å². The van der Waals surface area contributed by atoms with Crippen molar-refractivity contribution in [3.8, 4) is 40.4 Å². The number of aryl methyl sites for hydroxylation is 2. The van der Waals surface area contributed by atoms with Crippen LogP contribution in [0.15, 0.2) is 71.4 Å². The van der Waals surface area contributed by atoms with Crippen molar-refractivity contribution in [3.63, 3.8) is 0 Å². The van der Waals surface area contributed by atoms with Crippen molar-refractivity contribution in [1.82, 2.24) is 0 Å². The summed E-state index contributed by atoms with van der Waals surface area (Å²) < 4.78 is 2.84. The summed E-state index contributed by atoms with van der Waals surface area (Å²) in [5.74, 6) is 0. The lowest BCUT2D eigenvalue weighted by Crippen LogP contribution is -1.81. The molecule has 166 valence electrons. The highest BCUT2D eigenvalue weighted by Gasteiger charge is 2.22. The molecule has 0 unspecified atom stereocenters. The molecule has 7 rings (SSSR count). The molecular formula is C28H18S6. The number of benzene rings is 1. The van der Waals surface area contributed by atoms with Crippen molar-refractivity contribution >= 4 is 88.2 Å². The highest BCUT2D eigenvalue weighted by Crippen LogP contribution is 2.52. The van der Waals surface area contributed by atoms with Crippen molar-refractivity contribution < 1.29 is 0 Å². The Hall–Kier alpha value is -2.06. The molecule has 0 bridgehead atoms. The summed E-state index contributed by atoms with van der Waals surface area (Å²) in [5, 5.41) is 7.13. The first-order chi connectivity index (χ1) is 16.7. The van der Waals surface area contributed by atoms with Crippen molar-refractivity contribution in [3.05, 3.63) is 81.2 Å². The maximum atomic E-state index is 2.41. The first-order valence-electron chi connectivity index (χ1n) is 10.9. The van der Waals surface area contributed by atoms with Gasteiger partial charge in [-0.2, -0.15) is 0 Å². The van der Waals surface area contributed by atoms with Crippen LogP contribution in [0.4, 0.5) is 0 Å². The minimum Gasteiger partial charge on any atom is -0.143 e. The summed E-state index contributed by atoms with van der Waals surface area (Å²) in [7, 11) is 0. The van der Waals surface area contributed by atoms with Crippen LogP contribution in [0.1, 0.15) is 9.75 Å². The third-order valence-electron chi connectivity index (χ3n) is 5.94. The van der Waals surface area contributed by atoms with Crippen molar-refractivity contribution in [2.75, 3.05) is 0 Å². The van der Waals surface area contributed by atoms with Gasteiger partial charge in [0.1, 0.15) is 0 Å². The van der Waals surface area contributed by atoms with E-state index in [0.717, 1.165) is 0 Å². The zero-order valence-electron chi connectivity index (χ0n) is 18.4. The molecule has 0 N–H and O–H groups in total. The van der Waals surface area contributed by atoms with E-state index in [0.29, 0.717) is 0 Å². The molecule has 0 radical (unpaired) electrons. The summed E-state index contributed by atoms with van der Waals surface area (Å²) in [6.07, 6.45) is 0. The summed E-state index contributed by atoms with van der Waals surface area (Å²) in [6, 6.07) is 22.8. The topological polar surface area (TPSA) is 0 Å². The Kier molecular flexibility index (Phi) is 5.16. The molecule has 0 saturated carbocycles. The number of fused-ring (bicyclic) bond motifs is 2. The highest BCUT2D eigenvalue weighted by atomic mass is 32.1. The van der Waals surface area contributed by atoms with Crippen LogP contribution < -0.4 is 0 Å². The second-order valence-electron chi connectivity index (χ2n) is 8.23. The molecule has 0 aliphatic rings. The Morgan fingerprint density at radius 1 is 0.471 bits per heavy atom. The second-order valence-corrected chi connectivity index (χ2v) is 14.8. The average Bonchev–Trinajstić information content (AvgIpc) is 3.64. The Morgan fingerprint density at radius 2 is 0.912 bits per heavy atom. The smallest absolute Gasteiger partial charge is 0.0449 e. The molecule has 0 aliphatic carbocycles. The van der Waals surface area contributed by atoms with Crippen LogP contribution in [-0.4, -0.2) is 0 Å². The van der Waals surface area contributed by atoms with E-state index in [-0.39, 0.29) is 0 Å². The Labute approximate surface area is 222 Å². The summed E-state index contributed by atoms with van der Waals surface area (Å²) in [5.41, 5.74) is 2.83. The maximum absolute atomic E-state index is 2.41. The van der Waals surface area contributed by atoms with Gasteiger partial charge in [-0.1, -0.05) is 12.1 Å². The molecule has 6 heterocycles. The van der Waals surface area contributed by atoms with E-state index < -0.39 is 0 Å². The predicted octanol–water partition coefficient (Wildman–Crippen LogP) is 11.6. The van der Waals surface area contributed by atoms with Gasteiger partial charge in [0.15, 0.2) is 0 Å². The van der Waals surface area contributed by atoms with Crippen molar-refractivity contribution in [2.45, 2.75) is 13.8 Å². The van der Waals surface area contributed by atoms with Gasteiger partial charge in [0.05, 0.1) is 0 Å². The van der Waals surface area contributed by atoms with E-state index in [2.05, 4.69) is 85.3 Å². The lowest BCUT2D eigenvalue weighted by Gasteiger charge is -2.09. The normalized spacial score (nSPS) is 11.8. The number of hydrogen-bond donors (Lipinski definition) is 0. The molecule has 0 saturated heterocycles. The fourth-order valence-electron chi connectivity index (χ4n) is 4.55. The summed E-state index contributed by atoms with van der Waals surface area (Å²) >= 11 is 11.4. The van der Waals surface area contributed by atoms with Crippen LogP contribution in [0.2, 0.25) is 0 Å². The second kappa shape index (κ2) is 8.26. The SMILES string of the molecule is Cc1cc2c(-c3ccc(-c4cccs4)s3)c3sc(C)cc3c(-c3ccc(-c4cccs4)s3)c2s1. The van der Waals surface area contributed by atoms with Gasteiger partial charge in [0.25, 0.3) is 0 Å². The summed E-state index contributed by atoms with van der Waals surface area (Å²) in [4.78, 5) is 10.9. The molecular weight excluding hydrogens is 529 g/mol. The van der Waals surface area contributed by atoms with Crippen LogP contribution in [-0.2, 0) is 0 Å². The zero-order chi connectivity index (χ0) is 22.8. The fourth-order valence-corrected chi connectivity index (χ4v) is 10.7. The molecule has 6 heteroatoms. The van der Waals surface area contributed by atoms with Crippen molar-refractivity contribution in [2.24, 2.45) is 0 Å². The van der Waals surface area contributed by atoms with E-state index in [1.165, 1.54) is 70.3 Å². The Morgan fingerprint density at radius 3 is 1.32 bits per heavy atom. The molecule has 6 aromatic heterocycles.